The van der Waals surface area contributed by atoms with Crippen molar-refractivity contribution in [2.45, 2.75) is 23.9 Å². The summed E-state index contributed by atoms with van der Waals surface area (Å²) in [7, 11) is 1.63. The number of thioether (sulfide) groups is 1. The molecule has 7 heteroatoms. The van der Waals surface area contributed by atoms with Crippen LogP contribution in [0, 0.1) is 0 Å². The van der Waals surface area contributed by atoms with E-state index in [-0.39, 0.29) is 10.9 Å². The molecule has 3 N–H and O–H groups in total. The lowest BCUT2D eigenvalue weighted by Crippen LogP contribution is -2.17. The maximum atomic E-state index is 11.6. The fourth-order valence-electron chi connectivity index (χ4n) is 1.89. The Morgan fingerprint density at radius 2 is 2.35 bits per heavy atom. The van der Waals surface area contributed by atoms with E-state index in [9.17, 15) is 4.79 Å². The monoisotopic (exact) mass is 294 g/mol. The summed E-state index contributed by atoms with van der Waals surface area (Å²) in [4.78, 5) is 11.6. The highest BCUT2D eigenvalue weighted by Gasteiger charge is 2.16. The zero-order chi connectivity index (χ0) is 14.5. The van der Waals surface area contributed by atoms with Crippen LogP contribution < -0.4 is 16.2 Å². The van der Waals surface area contributed by atoms with Crippen molar-refractivity contribution in [3.8, 4) is 5.75 Å². The van der Waals surface area contributed by atoms with Crippen LogP contribution in [-0.2, 0) is 6.54 Å². The Hall–Kier alpha value is -1.73. The van der Waals surface area contributed by atoms with Crippen LogP contribution in [0.2, 0.25) is 0 Å². The molecule has 0 amide bonds. The lowest BCUT2D eigenvalue weighted by atomic mass is 10.1. The van der Waals surface area contributed by atoms with E-state index in [0.717, 1.165) is 11.3 Å². The highest BCUT2D eigenvalue weighted by molar-refractivity contribution is 7.99. The predicted molar refractivity (Wildman–Crippen MR) is 79.2 cm³/mol. The zero-order valence-electron chi connectivity index (χ0n) is 11.5. The molecule has 0 aliphatic carbocycles. The Balaban J connectivity index is 2.26. The van der Waals surface area contributed by atoms with Gasteiger partial charge in [0.1, 0.15) is 5.75 Å². The Morgan fingerprint density at radius 1 is 1.55 bits per heavy atom. The van der Waals surface area contributed by atoms with E-state index in [2.05, 4.69) is 10.2 Å². The molecule has 0 aliphatic rings. The molecule has 108 valence electrons. The Morgan fingerprint density at radius 3 is 3.00 bits per heavy atom. The molecule has 2 rings (SSSR count). The van der Waals surface area contributed by atoms with E-state index in [1.165, 1.54) is 11.8 Å². The molecule has 1 aromatic heterocycles. The molecule has 1 unspecified atom stereocenters. The van der Waals surface area contributed by atoms with Crippen molar-refractivity contribution in [1.82, 2.24) is 14.8 Å². The third-order valence-electron chi connectivity index (χ3n) is 2.97. The first-order valence-electron chi connectivity index (χ1n) is 6.35. The van der Waals surface area contributed by atoms with E-state index in [4.69, 9.17) is 10.5 Å². The molecule has 0 aliphatic heterocycles. The van der Waals surface area contributed by atoms with Gasteiger partial charge in [0.25, 0.3) is 0 Å². The third kappa shape index (κ3) is 3.05. The minimum atomic E-state index is -0.198. The van der Waals surface area contributed by atoms with Gasteiger partial charge in [0.15, 0.2) is 5.16 Å². The van der Waals surface area contributed by atoms with Gasteiger partial charge in [-0.1, -0.05) is 23.9 Å². The average Bonchev–Trinajstić information content (AvgIpc) is 2.84. The van der Waals surface area contributed by atoms with Crippen molar-refractivity contribution in [3.63, 3.8) is 0 Å². The predicted octanol–water partition coefficient (Wildman–Crippen LogP) is 1.39. The quantitative estimate of drug-likeness (QED) is 0.786. The van der Waals surface area contributed by atoms with Crippen LogP contribution in [0.25, 0.3) is 0 Å². The van der Waals surface area contributed by atoms with Crippen LogP contribution in [0.3, 0.4) is 0 Å². The SMILES string of the molecule is CCn1c(SC(CN)c2cccc(OC)c2)n[nH]c1=O. The van der Waals surface area contributed by atoms with Crippen molar-refractivity contribution in [3.05, 3.63) is 40.3 Å². The molecule has 0 spiro atoms. The molecule has 0 radical (unpaired) electrons. The number of aromatic nitrogens is 3. The number of H-pyrrole nitrogens is 1. The van der Waals surface area contributed by atoms with Gasteiger partial charge in [0, 0.05) is 18.3 Å². The number of hydrogen-bond donors (Lipinski definition) is 2. The Labute approximate surface area is 121 Å². The molecule has 0 fully saturated rings. The number of nitrogens with two attached hydrogens (primary N) is 1. The van der Waals surface area contributed by atoms with Gasteiger partial charge in [-0.25, -0.2) is 9.89 Å². The van der Waals surface area contributed by atoms with E-state index >= 15 is 0 Å². The second-order valence-corrected chi connectivity index (χ2v) is 5.34. The number of hydrogen-bond acceptors (Lipinski definition) is 5. The van der Waals surface area contributed by atoms with Crippen molar-refractivity contribution in [2.75, 3.05) is 13.7 Å². The standard InChI is InChI=1S/C13H18N4O2S/c1-3-17-12(18)15-16-13(17)20-11(8-14)9-5-4-6-10(7-9)19-2/h4-7,11H,3,8,14H2,1-2H3,(H,15,18). The largest absolute Gasteiger partial charge is 0.497 e. The summed E-state index contributed by atoms with van der Waals surface area (Å²) in [6, 6.07) is 7.76. The minimum absolute atomic E-state index is 0.0191. The van der Waals surface area contributed by atoms with Crippen LogP contribution in [0.15, 0.2) is 34.2 Å². The van der Waals surface area contributed by atoms with Crippen molar-refractivity contribution < 1.29 is 4.74 Å². The van der Waals surface area contributed by atoms with Gasteiger partial charge in [-0.15, -0.1) is 5.10 Å². The number of benzene rings is 1. The van der Waals surface area contributed by atoms with Gasteiger partial charge in [0.2, 0.25) is 0 Å². The van der Waals surface area contributed by atoms with E-state index < -0.39 is 0 Å². The van der Waals surface area contributed by atoms with Crippen molar-refractivity contribution in [1.29, 1.82) is 0 Å². The second kappa shape index (κ2) is 6.62. The first-order chi connectivity index (χ1) is 9.69. The number of nitrogens with zero attached hydrogens (tertiary/aromatic N) is 2. The number of ether oxygens (including phenoxy) is 1. The minimum Gasteiger partial charge on any atom is -0.497 e. The second-order valence-electron chi connectivity index (χ2n) is 4.17. The lowest BCUT2D eigenvalue weighted by Gasteiger charge is -2.15. The maximum Gasteiger partial charge on any atom is 0.343 e. The normalized spacial score (nSPS) is 12.3. The summed E-state index contributed by atoms with van der Waals surface area (Å²) < 4.78 is 6.81. The number of rotatable bonds is 6. The zero-order valence-corrected chi connectivity index (χ0v) is 12.3. The topological polar surface area (TPSA) is 85.9 Å². The van der Waals surface area contributed by atoms with Gasteiger partial charge >= 0.3 is 5.69 Å². The van der Waals surface area contributed by atoms with Crippen LogP contribution in [-0.4, -0.2) is 28.4 Å². The summed E-state index contributed by atoms with van der Waals surface area (Å²) in [5.41, 5.74) is 6.71. The first kappa shape index (κ1) is 14.7. The van der Waals surface area contributed by atoms with Gasteiger partial charge in [-0.05, 0) is 24.6 Å². The molecule has 1 aromatic carbocycles. The van der Waals surface area contributed by atoms with Gasteiger partial charge in [0.05, 0.1) is 7.11 Å². The molecule has 0 bridgehead atoms. The molecule has 1 atom stereocenters. The summed E-state index contributed by atoms with van der Waals surface area (Å²) in [5, 5.41) is 7.17. The Kier molecular flexibility index (Phi) is 4.86. The summed E-state index contributed by atoms with van der Waals surface area (Å²) in [6.45, 7) is 2.93. The van der Waals surface area contributed by atoms with Crippen LogP contribution in [0.5, 0.6) is 5.75 Å². The summed E-state index contributed by atoms with van der Waals surface area (Å²) in [6.07, 6.45) is 0. The smallest absolute Gasteiger partial charge is 0.343 e. The van der Waals surface area contributed by atoms with E-state index in [1.807, 2.05) is 31.2 Å². The van der Waals surface area contributed by atoms with Crippen LogP contribution >= 0.6 is 11.8 Å². The molecular formula is C13H18N4O2S. The maximum absolute atomic E-state index is 11.6. The molecule has 0 saturated carbocycles. The Bertz CT molecular complexity index is 623. The average molecular weight is 294 g/mol. The number of aromatic amines is 1. The summed E-state index contributed by atoms with van der Waals surface area (Å²) in [5.74, 6) is 0.788. The highest BCUT2D eigenvalue weighted by Crippen LogP contribution is 2.34. The van der Waals surface area contributed by atoms with Gasteiger partial charge in [-0.2, -0.15) is 0 Å². The van der Waals surface area contributed by atoms with Crippen LogP contribution in [0.4, 0.5) is 0 Å². The van der Waals surface area contributed by atoms with E-state index in [0.29, 0.717) is 18.2 Å². The molecule has 6 nitrogen and oxygen atoms in total. The molecule has 0 saturated heterocycles. The van der Waals surface area contributed by atoms with Crippen LogP contribution in [0.1, 0.15) is 17.7 Å². The fourth-order valence-corrected chi connectivity index (χ4v) is 2.96. The number of nitrogens with one attached hydrogen (secondary N) is 1. The molecule has 20 heavy (non-hydrogen) atoms. The van der Waals surface area contributed by atoms with Crippen molar-refractivity contribution >= 4 is 11.8 Å². The van der Waals surface area contributed by atoms with Crippen molar-refractivity contribution in [2.24, 2.45) is 5.73 Å². The highest BCUT2D eigenvalue weighted by atomic mass is 32.2. The van der Waals surface area contributed by atoms with E-state index in [1.54, 1.807) is 11.7 Å². The molecule has 2 aromatic rings. The molecule has 1 heterocycles. The third-order valence-corrected chi connectivity index (χ3v) is 4.24. The van der Waals surface area contributed by atoms with Gasteiger partial charge in [-0.3, -0.25) is 4.57 Å². The summed E-state index contributed by atoms with van der Waals surface area (Å²) >= 11 is 1.47. The molecular weight excluding hydrogens is 276 g/mol. The van der Waals surface area contributed by atoms with Gasteiger partial charge < -0.3 is 10.5 Å². The number of methoxy groups -OCH3 is 1. The fraction of sp³-hybridized carbons (Fsp3) is 0.385. The first-order valence-corrected chi connectivity index (χ1v) is 7.23. The lowest BCUT2D eigenvalue weighted by molar-refractivity contribution is 0.414.